The Morgan fingerprint density at radius 3 is 2.76 bits per heavy atom. The van der Waals surface area contributed by atoms with Crippen LogP contribution in [-0.2, 0) is 19.4 Å². The zero-order valence-corrected chi connectivity index (χ0v) is 14.4. The Kier molecular flexibility index (Phi) is 5.42. The predicted octanol–water partition coefficient (Wildman–Crippen LogP) is 3.48. The molecule has 5 heteroatoms. The number of halogens is 1. The van der Waals surface area contributed by atoms with Gasteiger partial charge in [-0.3, -0.25) is 4.68 Å². The second kappa shape index (κ2) is 7.09. The Balaban J connectivity index is 2.26. The minimum atomic E-state index is -0.0805. The molecule has 0 saturated carbocycles. The molecular formula is C16H22BrN3O. The summed E-state index contributed by atoms with van der Waals surface area (Å²) in [5.41, 5.74) is 9.69. The van der Waals surface area contributed by atoms with Gasteiger partial charge in [-0.15, -0.1) is 0 Å². The van der Waals surface area contributed by atoms with E-state index in [2.05, 4.69) is 34.9 Å². The van der Waals surface area contributed by atoms with Crippen LogP contribution in [-0.4, -0.2) is 16.9 Å². The van der Waals surface area contributed by atoms with Gasteiger partial charge in [0, 0.05) is 19.0 Å². The van der Waals surface area contributed by atoms with Crippen LogP contribution in [0.2, 0.25) is 0 Å². The Hall–Kier alpha value is -1.33. The molecule has 4 nitrogen and oxygen atoms in total. The number of benzene rings is 1. The first-order valence-corrected chi connectivity index (χ1v) is 8.03. The highest BCUT2D eigenvalue weighted by atomic mass is 79.9. The predicted molar refractivity (Wildman–Crippen MR) is 88.6 cm³/mol. The van der Waals surface area contributed by atoms with Gasteiger partial charge in [0.2, 0.25) is 0 Å². The molecule has 114 valence electrons. The number of methoxy groups -OCH3 is 1. The zero-order chi connectivity index (χ0) is 15.4. The minimum Gasteiger partial charge on any atom is -0.497 e. The van der Waals surface area contributed by atoms with Crippen LogP contribution in [0.25, 0.3) is 0 Å². The van der Waals surface area contributed by atoms with E-state index in [4.69, 9.17) is 10.5 Å². The molecule has 0 aliphatic carbocycles. The van der Waals surface area contributed by atoms with Crippen molar-refractivity contribution in [1.29, 1.82) is 0 Å². The quantitative estimate of drug-likeness (QED) is 0.866. The van der Waals surface area contributed by atoms with Crippen LogP contribution in [0, 0.1) is 0 Å². The van der Waals surface area contributed by atoms with Crippen molar-refractivity contribution >= 4 is 15.9 Å². The Morgan fingerprint density at radius 1 is 1.38 bits per heavy atom. The summed E-state index contributed by atoms with van der Waals surface area (Å²) in [6.07, 6.45) is 1.66. The van der Waals surface area contributed by atoms with E-state index in [0.29, 0.717) is 0 Å². The molecule has 21 heavy (non-hydrogen) atoms. The van der Waals surface area contributed by atoms with Crippen LogP contribution in [0.4, 0.5) is 0 Å². The number of nitrogens with zero attached hydrogens (tertiary/aromatic N) is 2. The van der Waals surface area contributed by atoms with E-state index in [1.54, 1.807) is 7.11 Å². The van der Waals surface area contributed by atoms with Gasteiger partial charge in [0.15, 0.2) is 0 Å². The van der Waals surface area contributed by atoms with Crippen LogP contribution >= 0.6 is 15.9 Å². The molecule has 2 N–H and O–H groups in total. The molecular weight excluding hydrogens is 330 g/mol. The van der Waals surface area contributed by atoms with E-state index in [0.717, 1.165) is 46.6 Å². The number of aryl methyl sites for hydroxylation is 2. The first kappa shape index (κ1) is 16.0. The van der Waals surface area contributed by atoms with Gasteiger partial charge in [-0.1, -0.05) is 19.1 Å². The topological polar surface area (TPSA) is 53.1 Å². The summed E-state index contributed by atoms with van der Waals surface area (Å²) < 4.78 is 8.38. The maximum atomic E-state index is 6.38. The molecule has 0 aliphatic heterocycles. The maximum Gasteiger partial charge on any atom is 0.119 e. The van der Waals surface area contributed by atoms with Gasteiger partial charge in [0.25, 0.3) is 0 Å². The smallest absolute Gasteiger partial charge is 0.119 e. The van der Waals surface area contributed by atoms with Crippen molar-refractivity contribution in [3.05, 3.63) is 45.7 Å². The van der Waals surface area contributed by atoms with Gasteiger partial charge < -0.3 is 10.5 Å². The van der Waals surface area contributed by atoms with Crippen molar-refractivity contribution in [3.63, 3.8) is 0 Å². The third-order valence-corrected chi connectivity index (χ3v) is 4.54. The SMILES string of the molecule is CCc1nn(CC)c(CC(N)c2cccc(OC)c2)c1Br. The Labute approximate surface area is 134 Å². The molecule has 2 rings (SSSR count). The number of hydrogen-bond donors (Lipinski definition) is 1. The molecule has 0 fully saturated rings. The molecule has 0 amide bonds. The number of nitrogens with two attached hydrogens (primary N) is 1. The summed E-state index contributed by atoms with van der Waals surface area (Å²) in [6.45, 7) is 5.05. The fraction of sp³-hybridized carbons (Fsp3) is 0.438. The largest absolute Gasteiger partial charge is 0.497 e. The van der Waals surface area contributed by atoms with E-state index >= 15 is 0 Å². The molecule has 1 unspecified atom stereocenters. The van der Waals surface area contributed by atoms with Crippen molar-refractivity contribution in [3.8, 4) is 5.75 Å². The van der Waals surface area contributed by atoms with Crippen LogP contribution in [0.1, 0.15) is 36.8 Å². The Morgan fingerprint density at radius 2 is 2.14 bits per heavy atom. The monoisotopic (exact) mass is 351 g/mol. The third-order valence-electron chi connectivity index (χ3n) is 3.63. The summed E-state index contributed by atoms with van der Waals surface area (Å²) in [4.78, 5) is 0. The zero-order valence-electron chi connectivity index (χ0n) is 12.8. The number of hydrogen-bond acceptors (Lipinski definition) is 3. The van der Waals surface area contributed by atoms with Crippen molar-refractivity contribution in [1.82, 2.24) is 9.78 Å². The first-order chi connectivity index (χ1) is 10.1. The van der Waals surface area contributed by atoms with Crippen molar-refractivity contribution in [2.75, 3.05) is 7.11 Å². The summed E-state index contributed by atoms with van der Waals surface area (Å²) in [5, 5.41) is 4.62. The third kappa shape index (κ3) is 3.47. The van der Waals surface area contributed by atoms with Crippen molar-refractivity contribution in [2.45, 2.75) is 39.3 Å². The van der Waals surface area contributed by atoms with Gasteiger partial charge in [0.1, 0.15) is 5.75 Å². The summed E-state index contributed by atoms with van der Waals surface area (Å²) >= 11 is 3.67. The molecule has 0 saturated heterocycles. The Bertz CT molecular complexity index is 610. The highest BCUT2D eigenvalue weighted by Gasteiger charge is 2.17. The molecule has 0 aliphatic rings. The second-order valence-corrected chi connectivity index (χ2v) is 5.76. The summed E-state index contributed by atoms with van der Waals surface area (Å²) in [5.74, 6) is 0.834. The summed E-state index contributed by atoms with van der Waals surface area (Å²) in [7, 11) is 1.67. The highest BCUT2D eigenvalue weighted by molar-refractivity contribution is 9.10. The highest BCUT2D eigenvalue weighted by Crippen LogP contribution is 2.27. The average molecular weight is 352 g/mol. The fourth-order valence-electron chi connectivity index (χ4n) is 2.41. The van der Waals surface area contributed by atoms with E-state index < -0.39 is 0 Å². The molecule has 1 atom stereocenters. The van der Waals surface area contributed by atoms with Gasteiger partial charge in [-0.2, -0.15) is 5.10 Å². The van der Waals surface area contributed by atoms with Gasteiger partial charge in [0.05, 0.1) is 23.0 Å². The fourth-order valence-corrected chi connectivity index (χ4v) is 3.14. The van der Waals surface area contributed by atoms with E-state index in [-0.39, 0.29) is 6.04 Å². The van der Waals surface area contributed by atoms with Crippen molar-refractivity contribution in [2.24, 2.45) is 5.73 Å². The average Bonchev–Trinajstić information content (AvgIpc) is 2.83. The maximum absolute atomic E-state index is 6.38. The van der Waals surface area contributed by atoms with Crippen LogP contribution in [0.5, 0.6) is 5.75 Å². The second-order valence-electron chi connectivity index (χ2n) is 4.96. The van der Waals surface area contributed by atoms with Gasteiger partial charge in [-0.25, -0.2) is 0 Å². The van der Waals surface area contributed by atoms with Crippen molar-refractivity contribution < 1.29 is 4.74 Å². The summed E-state index contributed by atoms with van der Waals surface area (Å²) in [6, 6.07) is 7.85. The number of rotatable bonds is 6. The van der Waals surface area contributed by atoms with Crippen LogP contribution in [0.15, 0.2) is 28.7 Å². The lowest BCUT2D eigenvalue weighted by Crippen LogP contribution is -2.16. The lowest BCUT2D eigenvalue weighted by Gasteiger charge is -2.14. The molecule has 1 heterocycles. The molecule has 0 spiro atoms. The van der Waals surface area contributed by atoms with Crippen LogP contribution in [0.3, 0.4) is 0 Å². The minimum absolute atomic E-state index is 0.0805. The molecule has 0 radical (unpaired) electrons. The number of ether oxygens (including phenoxy) is 1. The van der Waals surface area contributed by atoms with Gasteiger partial charge in [-0.05, 0) is 47.0 Å². The van der Waals surface area contributed by atoms with E-state index in [1.165, 1.54) is 0 Å². The standard InChI is InChI=1S/C16H22BrN3O/c1-4-14-16(17)15(20(5-2)19-14)10-13(18)11-7-6-8-12(9-11)21-3/h6-9,13H,4-5,10,18H2,1-3H3. The molecule has 2 aromatic rings. The van der Waals surface area contributed by atoms with Gasteiger partial charge >= 0.3 is 0 Å². The number of aromatic nitrogens is 2. The van der Waals surface area contributed by atoms with E-state index in [1.807, 2.05) is 28.9 Å². The molecule has 1 aromatic carbocycles. The first-order valence-electron chi connectivity index (χ1n) is 7.24. The van der Waals surface area contributed by atoms with Crippen LogP contribution < -0.4 is 10.5 Å². The van der Waals surface area contributed by atoms with E-state index in [9.17, 15) is 0 Å². The normalized spacial score (nSPS) is 12.4. The molecule has 0 bridgehead atoms. The lowest BCUT2D eigenvalue weighted by molar-refractivity contribution is 0.413. The lowest BCUT2D eigenvalue weighted by atomic mass is 10.0. The molecule has 1 aromatic heterocycles.